The highest BCUT2D eigenvalue weighted by molar-refractivity contribution is 5.85. The Hall–Kier alpha value is -3.81. The minimum Gasteiger partial charge on any atom is -0.383 e. The molecule has 0 saturated carbocycles. The lowest BCUT2D eigenvalue weighted by atomic mass is 10.0. The molecule has 7 heteroatoms. The summed E-state index contributed by atoms with van der Waals surface area (Å²) in [6.45, 7) is 7.38. The highest BCUT2D eigenvalue weighted by Gasteiger charge is 2.20. The Kier molecular flexibility index (Phi) is 7.96. The second kappa shape index (κ2) is 11.7. The standard InChI is InChI=1S/C31H37N7/c1-4-6-8-23(5-2)27-14-15-28-31(35-27)38(30(36-28)26-9-7-18-34-29(26)32)25-12-10-22(11-13-25)21-37-19-16-24(33-3)17-20-37/h5-15,18,24,33H,4,16-17,19-21H2,1-3H3,(H2,32,34)/b8-6-,23-5+. The van der Waals surface area contributed by atoms with Crippen molar-refractivity contribution in [2.24, 2.45) is 0 Å². The molecule has 0 radical (unpaired) electrons. The molecule has 1 aromatic carbocycles. The molecule has 1 aliphatic rings. The van der Waals surface area contributed by atoms with Crippen molar-refractivity contribution in [2.45, 2.75) is 45.7 Å². The minimum absolute atomic E-state index is 0.450. The molecule has 3 N–H and O–H groups in total. The van der Waals surface area contributed by atoms with E-state index in [4.69, 9.17) is 15.7 Å². The predicted molar refractivity (Wildman–Crippen MR) is 157 cm³/mol. The molecule has 0 bridgehead atoms. The molecule has 5 rings (SSSR count). The number of imidazole rings is 1. The maximum absolute atomic E-state index is 6.31. The summed E-state index contributed by atoms with van der Waals surface area (Å²) in [6, 6.07) is 17.3. The number of nitrogens with zero attached hydrogens (tertiary/aromatic N) is 5. The van der Waals surface area contributed by atoms with E-state index in [1.165, 1.54) is 18.4 Å². The molecule has 0 atom stereocenters. The van der Waals surface area contributed by atoms with Gasteiger partial charge in [-0.05, 0) is 93.9 Å². The van der Waals surface area contributed by atoms with Crippen LogP contribution in [0.4, 0.5) is 5.82 Å². The summed E-state index contributed by atoms with van der Waals surface area (Å²) >= 11 is 0. The van der Waals surface area contributed by atoms with Crippen molar-refractivity contribution in [1.29, 1.82) is 0 Å². The van der Waals surface area contributed by atoms with Crippen LogP contribution in [0, 0.1) is 0 Å². The first kappa shape index (κ1) is 25.8. The largest absolute Gasteiger partial charge is 0.383 e. The summed E-state index contributed by atoms with van der Waals surface area (Å²) in [5.74, 6) is 1.19. The minimum atomic E-state index is 0.450. The number of rotatable bonds is 8. The zero-order chi connectivity index (χ0) is 26.5. The van der Waals surface area contributed by atoms with Crippen molar-refractivity contribution in [1.82, 2.24) is 29.7 Å². The SMILES string of the molecule is C/C=C(\C=C/CC)c1ccc2nc(-c3cccnc3N)n(-c3ccc(CN4CCC(NC)CC4)cc3)c2n1. The number of fused-ring (bicyclic) bond motifs is 1. The van der Waals surface area contributed by atoms with Crippen molar-refractivity contribution >= 4 is 22.6 Å². The summed E-state index contributed by atoms with van der Waals surface area (Å²) < 4.78 is 2.10. The first-order valence-corrected chi connectivity index (χ1v) is 13.5. The molecule has 0 spiro atoms. The third-order valence-electron chi connectivity index (χ3n) is 7.32. The number of likely N-dealkylation sites (tertiary alicyclic amines) is 1. The molecule has 38 heavy (non-hydrogen) atoms. The fourth-order valence-corrected chi connectivity index (χ4v) is 5.11. The van der Waals surface area contributed by atoms with Crippen LogP contribution in [0.15, 0.2) is 73.0 Å². The summed E-state index contributed by atoms with van der Waals surface area (Å²) in [5, 5.41) is 3.41. The van der Waals surface area contributed by atoms with E-state index < -0.39 is 0 Å². The van der Waals surface area contributed by atoms with E-state index >= 15 is 0 Å². The molecule has 0 unspecified atom stereocenters. The van der Waals surface area contributed by atoms with E-state index in [9.17, 15) is 0 Å². The number of nitrogen functional groups attached to an aromatic ring is 1. The number of allylic oxidation sites excluding steroid dienone is 4. The lowest BCUT2D eigenvalue weighted by Gasteiger charge is -2.31. The number of nitrogens with one attached hydrogen (secondary N) is 1. The van der Waals surface area contributed by atoms with E-state index in [2.05, 4.69) is 76.2 Å². The van der Waals surface area contributed by atoms with Gasteiger partial charge in [-0.3, -0.25) is 9.47 Å². The van der Waals surface area contributed by atoms with E-state index in [1.807, 2.05) is 31.2 Å². The second-order valence-corrected chi connectivity index (χ2v) is 9.81. The number of nitrogens with two attached hydrogens (primary N) is 1. The molecule has 7 nitrogen and oxygen atoms in total. The summed E-state index contributed by atoms with van der Waals surface area (Å²) in [5.41, 5.74) is 13.0. The summed E-state index contributed by atoms with van der Waals surface area (Å²) in [7, 11) is 2.06. The van der Waals surface area contributed by atoms with Crippen molar-refractivity contribution in [2.75, 3.05) is 25.9 Å². The van der Waals surface area contributed by atoms with Gasteiger partial charge < -0.3 is 11.1 Å². The van der Waals surface area contributed by atoms with Gasteiger partial charge in [-0.15, -0.1) is 0 Å². The molecular formula is C31H37N7. The van der Waals surface area contributed by atoms with Gasteiger partial charge in [0.25, 0.3) is 0 Å². The third-order valence-corrected chi connectivity index (χ3v) is 7.32. The second-order valence-electron chi connectivity index (χ2n) is 9.81. The normalized spacial score (nSPS) is 15.6. The van der Waals surface area contributed by atoms with Crippen LogP contribution in [-0.4, -0.2) is 50.6 Å². The number of piperidine rings is 1. The molecule has 196 valence electrons. The van der Waals surface area contributed by atoms with Gasteiger partial charge in [0.15, 0.2) is 11.5 Å². The lowest BCUT2D eigenvalue weighted by Crippen LogP contribution is -2.40. The quantitative estimate of drug-likeness (QED) is 0.301. The number of anilines is 1. The highest BCUT2D eigenvalue weighted by Crippen LogP contribution is 2.31. The lowest BCUT2D eigenvalue weighted by molar-refractivity contribution is 0.194. The predicted octanol–water partition coefficient (Wildman–Crippen LogP) is 5.62. The van der Waals surface area contributed by atoms with Gasteiger partial charge in [-0.2, -0.15) is 0 Å². The Balaban J connectivity index is 1.55. The van der Waals surface area contributed by atoms with Crippen LogP contribution in [0.2, 0.25) is 0 Å². The molecule has 3 aromatic heterocycles. The van der Waals surface area contributed by atoms with E-state index in [0.29, 0.717) is 11.9 Å². The first-order chi connectivity index (χ1) is 18.6. The number of hydrogen-bond acceptors (Lipinski definition) is 6. The number of benzene rings is 1. The average molecular weight is 508 g/mol. The highest BCUT2D eigenvalue weighted by atomic mass is 15.1. The fraction of sp³-hybridized carbons (Fsp3) is 0.323. The topological polar surface area (TPSA) is 84.9 Å². The number of pyridine rings is 2. The van der Waals surface area contributed by atoms with Crippen LogP contribution >= 0.6 is 0 Å². The van der Waals surface area contributed by atoms with Crippen molar-refractivity contribution in [3.05, 3.63) is 84.2 Å². The Morgan fingerprint density at radius 3 is 2.55 bits per heavy atom. The number of hydrogen-bond donors (Lipinski definition) is 2. The molecule has 1 saturated heterocycles. The van der Waals surface area contributed by atoms with Crippen LogP contribution < -0.4 is 11.1 Å². The van der Waals surface area contributed by atoms with Gasteiger partial charge in [-0.1, -0.05) is 37.3 Å². The molecule has 4 heterocycles. The summed E-state index contributed by atoms with van der Waals surface area (Å²) in [4.78, 5) is 16.9. The average Bonchev–Trinajstić information content (AvgIpc) is 3.33. The van der Waals surface area contributed by atoms with E-state index in [-0.39, 0.29) is 0 Å². The number of aromatic nitrogens is 4. The van der Waals surface area contributed by atoms with Crippen LogP contribution in [0.5, 0.6) is 0 Å². The Labute approximate surface area is 225 Å². The van der Waals surface area contributed by atoms with Crippen LogP contribution in [0.1, 0.15) is 44.4 Å². The first-order valence-electron chi connectivity index (χ1n) is 13.5. The molecule has 1 fully saturated rings. The van der Waals surface area contributed by atoms with Gasteiger partial charge >= 0.3 is 0 Å². The Morgan fingerprint density at radius 2 is 1.87 bits per heavy atom. The maximum Gasteiger partial charge on any atom is 0.165 e. The molecule has 0 amide bonds. The molecule has 4 aromatic rings. The van der Waals surface area contributed by atoms with Crippen molar-refractivity contribution in [3.8, 4) is 17.1 Å². The van der Waals surface area contributed by atoms with Gasteiger partial charge in [0.2, 0.25) is 0 Å². The Morgan fingerprint density at radius 1 is 1.08 bits per heavy atom. The molecular weight excluding hydrogens is 470 g/mol. The van der Waals surface area contributed by atoms with Gasteiger partial charge in [-0.25, -0.2) is 15.0 Å². The third kappa shape index (κ3) is 5.39. The summed E-state index contributed by atoms with van der Waals surface area (Å²) in [6.07, 6.45) is 11.4. The van der Waals surface area contributed by atoms with Gasteiger partial charge in [0.05, 0.1) is 11.3 Å². The van der Waals surface area contributed by atoms with Crippen LogP contribution in [-0.2, 0) is 6.54 Å². The zero-order valence-corrected chi connectivity index (χ0v) is 22.6. The molecule has 1 aliphatic heterocycles. The van der Waals surface area contributed by atoms with Crippen molar-refractivity contribution in [3.63, 3.8) is 0 Å². The van der Waals surface area contributed by atoms with Crippen LogP contribution in [0.3, 0.4) is 0 Å². The maximum atomic E-state index is 6.31. The molecule has 0 aliphatic carbocycles. The van der Waals surface area contributed by atoms with Gasteiger partial charge in [0, 0.05) is 24.5 Å². The van der Waals surface area contributed by atoms with Crippen LogP contribution in [0.25, 0.3) is 33.8 Å². The zero-order valence-electron chi connectivity index (χ0n) is 22.6. The van der Waals surface area contributed by atoms with Gasteiger partial charge in [0.1, 0.15) is 11.3 Å². The fourth-order valence-electron chi connectivity index (χ4n) is 5.11. The van der Waals surface area contributed by atoms with Crippen molar-refractivity contribution < 1.29 is 0 Å². The smallest absolute Gasteiger partial charge is 0.165 e. The van der Waals surface area contributed by atoms with E-state index in [0.717, 1.165) is 65.6 Å². The monoisotopic (exact) mass is 507 g/mol. The van der Waals surface area contributed by atoms with E-state index in [1.54, 1.807) is 6.20 Å². The Bertz CT molecular complexity index is 1440.